The molecular formula is C18H17N3O3S2. The molecule has 1 N–H and O–H groups in total. The number of hydrogen-bond acceptors (Lipinski definition) is 6. The number of carbonyl (C=O) groups is 1. The third kappa shape index (κ3) is 3.97. The zero-order chi connectivity index (χ0) is 18.7. The standard InChI is InChI=1S/C18H17N3O3S2/c1-11-14(4-3-5-16(11)21(23)24)18(22)19-9-8-13-6-7-17(26-13)15-10-25-12(2)20-15/h3-7,10H,8-9H2,1-2H3,(H,19,22). The van der Waals surface area contributed by atoms with Crippen LogP contribution in [0, 0.1) is 24.0 Å². The van der Waals surface area contributed by atoms with Gasteiger partial charge in [-0.15, -0.1) is 22.7 Å². The Morgan fingerprint density at radius 1 is 1.27 bits per heavy atom. The Morgan fingerprint density at radius 2 is 2.08 bits per heavy atom. The number of carbonyl (C=O) groups excluding carboxylic acids is 1. The van der Waals surface area contributed by atoms with Crippen LogP contribution in [0.25, 0.3) is 10.6 Å². The fraction of sp³-hybridized carbons (Fsp3) is 0.222. The van der Waals surface area contributed by atoms with Crippen molar-refractivity contribution < 1.29 is 9.72 Å². The molecule has 0 atom stereocenters. The Labute approximate surface area is 158 Å². The molecule has 26 heavy (non-hydrogen) atoms. The number of hydrogen-bond donors (Lipinski definition) is 1. The van der Waals surface area contributed by atoms with Crippen molar-refractivity contribution in [3.8, 4) is 10.6 Å². The van der Waals surface area contributed by atoms with Crippen molar-refractivity contribution in [1.29, 1.82) is 0 Å². The van der Waals surface area contributed by atoms with Crippen LogP contribution in [0.5, 0.6) is 0 Å². The van der Waals surface area contributed by atoms with Crippen molar-refractivity contribution in [3.63, 3.8) is 0 Å². The summed E-state index contributed by atoms with van der Waals surface area (Å²) in [4.78, 5) is 29.6. The fourth-order valence-electron chi connectivity index (χ4n) is 2.59. The predicted molar refractivity (Wildman–Crippen MR) is 104 cm³/mol. The van der Waals surface area contributed by atoms with Crippen LogP contribution < -0.4 is 5.32 Å². The van der Waals surface area contributed by atoms with Gasteiger partial charge in [0.1, 0.15) is 0 Å². The summed E-state index contributed by atoms with van der Waals surface area (Å²) in [5.74, 6) is -0.293. The summed E-state index contributed by atoms with van der Waals surface area (Å²) in [6.45, 7) is 4.04. The normalized spacial score (nSPS) is 10.7. The molecule has 0 aliphatic carbocycles. The number of amides is 1. The van der Waals surface area contributed by atoms with Crippen molar-refractivity contribution in [2.24, 2.45) is 0 Å². The number of nitro benzene ring substituents is 1. The first kappa shape index (κ1) is 18.2. The smallest absolute Gasteiger partial charge is 0.273 e. The monoisotopic (exact) mass is 387 g/mol. The minimum Gasteiger partial charge on any atom is -0.352 e. The first-order chi connectivity index (χ1) is 12.5. The quantitative estimate of drug-likeness (QED) is 0.503. The number of nitrogens with zero attached hydrogens (tertiary/aromatic N) is 2. The van der Waals surface area contributed by atoms with Gasteiger partial charge in [-0.05, 0) is 38.5 Å². The molecule has 6 nitrogen and oxygen atoms in total. The molecule has 0 aliphatic rings. The Hall–Kier alpha value is -2.58. The maximum Gasteiger partial charge on any atom is 0.273 e. The number of aryl methyl sites for hydroxylation is 1. The van der Waals surface area contributed by atoms with Gasteiger partial charge >= 0.3 is 0 Å². The molecule has 8 heteroatoms. The third-order valence-electron chi connectivity index (χ3n) is 3.94. The lowest BCUT2D eigenvalue weighted by Crippen LogP contribution is -2.26. The van der Waals surface area contributed by atoms with E-state index in [2.05, 4.69) is 10.3 Å². The van der Waals surface area contributed by atoms with Gasteiger partial charge in [0.05, 0.1) is 20.5 Å². The number of benzene rings is 1. The molecule has 0 unspecified atom stereocenters. The third-order valence-corrected chi connectivity index (χ3v) is 5.88. The molecule has 0 aliphatic heterocycles. The van der Waals surface area contributed by atoms with E-state index in [9.17, 15) is 14.9 Å². The molecular weight excluding hydrogens is 370 g/mol. The highest BCUT2D eigenvalue weighted by molar-refractivity contribution is 7.16. The van der Waals surface area contributed by atoms with Crippen molar-refractivity contribution in [3.05, 3.63) is 66.8 Å². The maximum atomic E-state index is 12.3. The highest BCUT2D eigenvalue weighted by Crippen LogP contribution is 2.29. The first-order valence-electron chi connectivity index (χ1n) is 7.99. The molecule has 0 bridgehead atoms. The van der Waals surface area contributed by atoms with Crippen molar-refractivity contribution >= 4 is 34.3 Å². The molecule has 0 saturated carbocycles. The second kappa shape index (κ2) is 7.76. The molecule has 134 valence electrons. The first-order valence-corrected chi connectivity index (χ1v) is 9.68. The lowest BCUT2D eigenvalue weighted by Gasteiger charge is -2.07. The van der Waals surface area contributed by atoms with Gasteiger partial charge < -0.3 is 5.32 Å². The van der Waals surface area contributed by atoms with Crippen LogP contribution in [0.15, 0.2) is 35.7 Å². The minimum absolute atomic E-state index is 0.0425. The summed E-state index contributed by atoms with van der Waals surface area (Å²) in [5.41, 5.74) is 1.66. The Bertz CT molecular complexity index is 962. The van der Waals surface area contributed by atoms with E-state index < -0.39 is 4.92 Å². The molecule has 0 saturated heterocycles. The van der Waals surface area contributed by atoms with Gasteiger partial charge in [-0.25, -0.2) is 4.98 Å². The number of rotatable bonds is 6. The summed E-state index contributed by atoms with van der Waals surface area (Å²) in [7, 11) is 0. The zero-order valence-electron chi connectivity index (χ0n) is 14.3. The van der Waals surface area contributed by atoms with E-state index in [-0.39, 0.29) is 11.6 Å². The van der Waals surface area contributed by atoms with Gasteiger partial charge in [-0.3, -0.25) is 14.9 Å². The number of thiophene rings is 1. The van der Waals surface area contributed by atoms with E-state index in [0.717, 1.165) is 20.5 Å². The summed E-state index contributed by atoms with van der Waals surface area (Å²) < 4.78 is 0. The van der Waals surface area contributed by atoms with Crippen LogP contribution in [0.1, 0.15) is 25.8 Å². The summed E-state index contributed by atoms with van der Waals surface area (Å²) in [5, 5.41) is 16.9. The van der Waals surface area contributed by atoms with E-state index in [1.165, 1.54) is 12.1 Å². The van der Waals surface area contributed by atoms with Crippen LogP contribution in [0.4, 0.5) is 5.69 Å². The molecule has 0 spiro atoms. The largest absolute Gasteiger partial charge is 0.352 e. The number of nitro groups is 1. The van der Waals surface area contributed by atoms with Gasteiger partial charge in [0.2, 0.25) is 0 Å². The van der Waals surface area contributed by atoms with Crippen molar-refractivity contribution in [1.82, 2.24) is 10.3 Å². The van der Waals surface area contributed by atoms with E-state index in [1.54, 1.807) is 35.7 Å². The topological polar surface area (TPSA) is 85.1 Å². The SMILES string of the molecule is Cc1nc(-c2ccc(CCNC(=O)c3cccc([N+](=O)[O-])c3C)s2)cs1. The van der Waals surface area contributed by atoms with Gasteiger partial charge in [0.15, 0.2) is 0 Å². The van der Waals surface area contributed by atoms with E-state index in [1.807, 2.05) is 24.4 Å². The summed E-state index contributed by atoms with van der Waals surface area (Å²) in [6.07, 6.45) is 0.702. The molecule has 2 heterocycles. The Morgan fingerprint density at radius 3 is 2.77 bits per heavy atom. The number of nitrogens with one attached hydrogen (secondary N) is 1. The lowest BCUT2D eigenvalue weighted by molar-refractivity contribution is -0.385. The van der Waals surface area contributed by atoms with Gasteiger partial charge in [0.25, 0.3) is 11.6 Å². The molecule has 0 fully saturated rings. The van der Waals surface area contributed by atoms with Crippen LogP contribution in [-0.4, -0.2) is 22.4 Å². The Balaban J connectivity index is 1.60. The molecule has 3 aromatic rings. The molecule has 1 aromatic carbocycles. The highest BCUT2D eigenvalue weighted by atomic mass is 32.1. The molecule has 2 aromatic heterocycles. The van der Waals surface area contributed by atoms with E-state index in [0.29, 0.717) is 24.1 Å². The van der Waals surface area contributed by atoms with E-state index >= 15 is 0 Å². The molecule has 1 amide bonds. The van der Waals surface area contributed by atoms with E-state index in [4.69, 9.17) is 0 Å². The highest BCUT2D eigenvalue weighted by Gasteiger charge is 2.17. The average Bonchev–Trinajstić information content (AvgIpc) is 3.23. The van der Waals surface area contributed by atoms with Crippen LogP contribution in [-0.2, 0) is 6.42 Å². The van der Waals surface area contributed by atoms with Gasteiger partial charge in [0, 0.05) is 34.0 Å². The van der Waals surface area contributed by atoms with Gasteiger partial charge in [-0.2, -0.15) is 0 Å². The average molecular weight is 387 g/mol. The minimum atomic E-state index is -0.473. The number of thiazole rings is 1. The maximum absolute atomic E-state index is 12.3. The van der Waals surface area contributed by atoms with Crippen molar-refractivity contribution in [2.75, 3.05) is 6.54 Å². The summed E-state index contributed by atoms with van der Waals surface area (Å²) in [6, 6.07) is 8.62. The second-order valence-corrected chi connectivity index (χ2v) is 7.96. The zero-order valence-corrected chi connectivity index (χ0v) is 15.9. The fourth-order valence-corrected chi connectivity index (χ4v) is 4.24. The Kier molecular flexibility index (Phi) is 5.43. The van der Waals surface area contributed by atoms with Crippen LogP contribution in [0.3, 0.4) is 0 Å². The summed E-state index contributed by atoms with van der Waals surface area (Å²) >= 11 is 3.28. The molecule has 3 rings (SSSR count). The number of aromatic nitrogens is 1. The predicted octanol–water partition coefficient (Wildman–Crippen LogP) is 4.37. The van der Waals surface area contributed by atoms with Crippen LogP contribution in [0.2, 0.25) is 0 Å². The second-order valence-electron chi connectivity index (χ2n) is 5.73. The molecule has 0 radical (unpaired) electrons. The van der Waals surface area contributed by atoms with Crippen LogP contribution >= 0.6 is 22.7 Å². The van der Waals surface area contributed by atoms with Gasteiger partial charge in [-0.1, -0.05) is 6.07 Å². The van der Waals surface area contributed by atoms with Crippen molar-refractivity contribution in [2.45, 2.75) is 20.3 Å². The lowest BCUT2D eigenvalue weighted by atomic mass is 10.1.